The molecular weight excluding hydrogens is 375 g/mol. The van der Waals surface area contributed by atoms with Gasteiger partial charge in [0.15, 0.2) is 0 Å². The third kappa shape index (κ3) is 4.20. The van der Waals surface area contributed by atoms with Crippen molar-refractivity contribution in [3.05, 3.63) is 98.8 Å². The Bertz CT molecular complexity index is 1100. The molecule has 2 aromatic carbocycles. The van der Waals surface area contributed by atoms with Gasteiger partial charge in [-0.05, 0) is 28.8 Å². The average molecular weight is 394 g/mol. The molecule has 1 aliphatic rings. The molecule has 1 aromatic heterocycles. The number of nitrogens with zero attached hydrogens (tertiary/aromatic N) is 1. The minimum absolute atomic E-state index is 0.0397. The van der Waals surface area contributed by atoms with Crippen molar-refractivity contribution in [2.75, 3.05) is 0 Å². The van der Waals surface area contributed by atoms with E-state index < -0.39 is 11.7 Å². The molecule has 148 valence electrons. The van der Waals surface area contributed by atoms with Gasteiger partial charge >= 0.3 is 0 Å². The molecule has 1 amide bonds. The predicted molar refractivity (Wildman–Crippen MR) is 104 cm³/mol. The lowest BCUT2D eigenvalue weighted by molar-refractivity contribution is 0.0996. The van der Waals surface area contributed by atoms with Crippen molar-refractivity contribution in [3.63, 3.8) is 0 Å². The van der Waals surface area contributed by atoms with Gasteiger partial charge in [0.25, 0.3) is 5.91 Å². The number of carbonyl (C=O) groups is 1. The van der Waals surface area contributed by atoms with Crippen LogP contribution in [0.4, 0.5) is 4.39 Å². The molecule has 2 heterocycles. The molecule has 0 aliphatic carbocycles. The monoisotopic (exact) mass is 394 g/mol. The van der Waals surface area contributed by atoms with E-state index in [0.717, 1.165) is 19.2 Å². The first kappa shape index (κ1) is 18.9. The highest BCUT2D eigenvalue weighted by molar-refractivity contribution is 5.93. The zero-order chi connectivity index (χ0) is 20.4. The summed E-state index contributed by atoms with van der Waals surface area (Å²) in [6, 6.07) is 13.6. The lowest BCUT2D eigenvalue weighted by Crippen LogP contribution is -2.17. The smallest absolute Gasteiger partial charge is 0.251 e. The van der Waals surface area contributed by atoms with E-state index in [-0.39, 0.29) is 23.3 Å². The number of primary amides is 1. The van der Waals surface area contributed by atoms with Crippen molar-refractivity contribution in [1.82, 2.24) is 4.90 Å². The Kier molecular flexibility index (Phi) is 5.14. The van der Waals surface area contributed by atoms with Gasteiger partial charge in [-0.2, -0.15) is 0 Å². The summed E-state index contributed by atoms with van der Waals surface area (Å²) in [4.78, 5) is 25.6. The van der Waals surface area contributed by atoms with Crippen LogP contribution in [0.3, 0.4) is 0 Å². The van der Waals surface area contributed by atoms with Crippen molar-refractivity contribution >= 4 is 5.91 Å². The van der Waals surface area contributed by atoms with Crippen molar-refractivity contribution in [3.8, 4) is 5.75 Å². The molecule has 0 spiro atoms. The maximum Gasteiger partial charge on any atom is 0.251 e. The fourth-order valence-electron chi connectivity index (χ4n) is 3.37. The van der Waals surface area contributed by atoms with Crippen molar-refractivity contribution < 1.29 is 18.3 Å². The van der Waals surface area contributed by atoms with Crippen molar-refractivity contribution in [2.45, 2.75) is 26.2 Å². The number of nitrogens with two attached hydrogens (primary N) is 1. The number of ether oxygens (including phenoxy) is 1. The summed E-state index contributed by atoms with van der Waals surface area (Å²) in [5.41, 5.74) is 7.61. The summed E-state index contributed by atoms with van der Waals surface area (Å²) in [5.74, 6) is -0.982. The van der Waals surface area contributed by atoms with Crippen LogP contribution in [-0.4, -0.2) is 10.8 Å². The molecule has 6 nitrogen and oxygen atoms in total. The number of amides is 1. The van der Waals surface area contributed by atoms with E-state index in [1.807, 2.05) is 12.1 Å². The van der Waals surface area contributed by atoms with Crippen LogP contribution in [0.1, 0.15) is 32.8 Å². The molecule has 0 unspecified atom stereocenters. The van der Waals surface area contributed by atoms with Gasteiger partial charge in [-0.15, -0.1) is 0 Å². The molecule has 7 heteroatoms. The average Bonchev–Trinajstić information content (AvgIpc) is 3.09. The number of hydrogen-bond donors (Lipinski definition) is 1. The number of carbonyl (C=O) groups excluding carboxylic acids is 1. The Hall–Kier alpha value is -3.45. The molecule has 1 aliphatic heterocycles. The van der Waals surface area contributed by atoms with Crippen LogP contribution in [0.15, 0.2) is 64.0 Å². The Morgan fingerprint density at radius 3 is 2.48 bits per heavy atom. The fourth-order valence-corrected chi connectivity index (χ4v) is 3.37. The molecule has 0 bridgehead atoms. The fraction of sp³-hybridized carbons (Fsp3) is 0.182. The molecule has 0 saturated heterocycles. The van der Waals surface area contributed by atoms with Crippen LogP contribution < -0.4 is 15.9 Å². The van der Waals surface area contributed by atoms with Gasteiger partial charge in [0, 0.05) is 19.2 Å². The van der Waals surface area contributed by atoms with Crippen LogP contribution in [0, 0.1) is 5.82 Å². The van der Waals surface area contributed by atoms with Gasteiger partial charge in [-0.1, -0.05) is 30.3 Å². The second-order valence-corrected chi connectivity index (χ2v) is 6.96. The van der Waals surface area contributed by atoms with E-state index in [0.29, 0.717) is 17.9 Å². The SMILES string of the molecule is NC(=O)c1ccc(COc2coc(CN3Cc4ccccc4C3)cc2=O)cc1F. The summed E-state index contributed by atoms with van der Waals surface area (Å²) in [7, 11) is 0. The van der Waals surface area contributed by atoms with Gasteiger partial charge in [-0.3, -0.25) is 14.5 Å². The summed E-state index contributed by atoms with van der Waals surface area (Å²) in [5, 5.41) is 0. The lowest BCUT2D eigenvalue weighted by atomic mass is 10.1. The summed E-state index contributed by atoms with van der Waals surface area (Å²) in [6.45, 7) is 2.10. The molecule has 2 N–H and O–H groups in total. The highest BCUT2D eigenvalue weighted by Crippen LogP contribution is 2.24. The van der Waals surface area contributed by atoms with Crippen LogP contribution in [0.5, 0.6) is 5.75 Å². The van der Waals surface area contributed by atoms with Gasteiger partial charge in [0.05, 0.1) is 12.1 Å². The Morgan fingerprint density at radius 2 is 1.86 bits per heavy atom. The number of halogens is 1. The van der Waals surface area contributed by atoms with E-state index >= 15 is 0 Å². The highest BCUT2D eigenvalue weighted by atomic mass is 19.1. The van der Waals surface area contributed by atoms with Crippen LogP contribution >= 0.6 is 0 Å². The van der Waals surface area contributed by atoms with E-state index in [1.54, 1.807) is 0 Å². The van der Waals surface area contributed by atoms with Gasteiger partial charge < -0.3 is 14.9 Å². The first-order valence-corrected chi connectivity index (χ1v) is 9.11. The Balaban J connectivity index is 1.39. The third-order valence-corrected chi connectivity index (χ3v) is 4.83. The maximum atomic E-state index is 13.8. The van der Waals surface area contributed by atoms with Crippen molar-refractivity contribution in [1.29, 1.82) is 0 Å². The summed E-state index contributed by atoms with van der Waals surface area (Å²) < 4.78 is 24.8. The zero-order valence-electron chi connectivity index (χ0n) is 15.6. The molecule has 0 fully saturated rings. The number of hydrogen-bond acceptors (Lipinski definition) is 5. The number of rotatable bonds is 6. The summed E-state index contributed by atoms with van der Waals surface area (Å²) in [6.07, 6.45) is 1.27. The van der Waals surface area contributed by atoms with E-state index in [2.05, 4.69) is 17.0 Å². The maximum absolute atomic E-state index is 13.8. The first-order chi connectivity index (χ1) is 14.0. The standard InChI is InChI=1S/C22H19FN2O4/c23-19-7-14(5-6-18(19)22(24)27)12-29-21-13-28-17(8-20(21)26)11-25-9-15-3-1-2-4-16(15)10-25/h1-8,13H,9-12H2,(H2,24,27). The Morgan fingerprint density at radius 1 is 1.14 bits per heavy atom. The zero-order valence-corrected chi connectivity index (χ0v) is 15.6. The molecule has 0 atom stereocenters. The minimum atomic E-state index is -0.840. The molecule has 0 radical (unpaired) electrons. The third-order valence-electron chi connectivity index (χ3n) is 4.83. The van der Waals surface area contributed by atoms with Gasteiger partial charge in [0.2, 0.25) is 11.2 Å². The van der Waals surface area contributed by atoms with E-state index in [4.69, 9.17) is 14.9 Å². The topological polar surface area (TPSA) is 85.8 Å². The van der Waals surface area contributed by atoms with E-state index in [9.17, 15) is 14.0 Å². The quantitative estimate of drug-likeness (QED) is 0.695. The Labute approximate surface area is 166 Å². The molecule has 0 saturated carbocycles. The number of benzene rings is 2. The minimum Gasteiger partial charge on any atom is -0.482 e. The van der Waals surface area contributed by atoms with Gasteiger partial charge in [0.1, 0.15) is 24.4 Å². The molecular formula is C22H19FN2O4. The highest BCUT2D eigenvalue weighted by Gasteiger charge is 2.19. The van der Waals surface area contributed by atoms with Crippen LogP contribution in [-0.2, 0) is 26.2 Å². The van der Waals surface area contributed by atoms with Gasteiger partial charge in [-0.25, -0.2) is 4.39 Å². The largest absolute Gasteiger partial charge is 0.482 e. The first-order valence-electron chi connectivity index (χ1n) is 9.11. The number of fused-ring (bicyclic) bond motifs is 1. The molecule has 4 rings (SSSR count). The lowest BCUT2D eigenvalue weighted by Gasteiger charge is -2.14. The second-order valence-electron chi connectivity index (χ2n) is 6.96. The molecule has 29 heavy (non-hydrogen) atoms. The van der Waals surface area contributed by atoms with Crippen LogP contribution in [0.2, 0.25) is 0 Å². The molecule has 3 aromatic rings. The second kappa shape index (κ2) is 7.89. The predicted octanol–water partition coefficient (Wildman–Crippen LogP) is 2.97. The summed E-state index contributed by atoms with van der Waals surface area (Å²) >= 11 is 0. The van der Waals surface area contributed by atoms with E-state index in [1.165, 1.54) is 35.6 Å². The normalized spacial score (nSPS) is 13.3. The van der Waals surface area contributed by atoms with Crippen LogP contribution in [0.25, 0.3) is 0 Å². The van der Waals surface area contributed by atoms with Crippen molar-refractivity contribution in [2.24, 2.45) is 5.73 Å².